The molecule has 0 aliphatic rings. The number of nitrogens with one attached hydrogen (secondary N) is 1. The molecule has 0 spiro atoms. The molecule has 0 radical (unpaired) electrons. The number of para-hydroxylation sites is 1. The van der Waals surface area contributed by atoms with Crippen LogP contribution in [0.1, 0.15) is 11.1 Å². The summed E-state index contributed by atoms with van der Waals surface area (Å²) in [5, 5.41) is 13.5. The van der Waals surface area contributed by atoms with Gasteiger partial charge in [-0.05, 0) is 31.0 Å². The Kier molecular flexibility index (Phi) is 6.24. The van der Waals surface area contributed by atoms with E-state index in [4.69, 9.17) is 4.74 Å². The van der Waals surface area contributed by atoms with Crippen LogP contribution in [-0.4, -0.2) is 39.2 Å². The Bertz CT molecular complexity index is 1000. The molecule has 9 nitrogen and oxygen atoms in total. The largest absolute Gasteiger partial charge is 0.495 e. The molecule has 0 saturated carbocycles. The van der Waals surface area contributed by atoms with Gasteiger partial charge in [-0.3, -0.25) is 19.2 Å². The van der Waals surface area contributed by atoms with Crippen molar-refractivity contribution in [2.45, 2.75) is 13.8 Å². The average molecular weight is 407 g/mol. The van der Waals surface area contributed by atoms with Gasteiger partial charge in [-0.1, -0.05) is 18.2 Å². The molecule has 1 amide bonds. The number of ether oxygens (including phenoxy) is 1. The van der Waals surface area contributed by atoms with Crippen molar-refractivity contribution in [2.75, 3.05) is 29.5 Å². The fraction of sp³-hybridized carbons (Fsp3) is 0.278. The van der Waals surface area contributed by atoms with E-state index in [1.165, 1.54) is 19.2 Å². The van der Waals surface area contributed by atoms with Crippen molar-refractivity contribution in [3.05, 3.63) is 57.6 Å². The Morgan fingerprint density at radius 1 is 1.21 bits per heavy atom. The number of amides is 1. The number of hydrogen-bond acceptors (Lipinski definition) is 6. The van der Waals surface area contributed by atoms with Crippen molar-refractivity contribution >= 4 is 33.0 Å². The number of sulfonamides is 1. The predicted molar refractivity (Wildman–Crippen MR) is 106 cm³/mol. The third-order valence-corrected chi connectivity index (χ3v) is 5.16. The van der Waals surface area contributed by atoms with Gasteiger partial charge in [0.15, 0.2) is 0 Å². The van der Waals surface area contributed by atoms with E-state index in [9.17, 15) is 23.3 Å². The van der Waals surface area contributed by atoms with Gasteiger partial charge in [0, 0.05) is 12.1 Å². The van der Waals surface area contributed by atoms with Crippen LogP contribution in [0.2, 0.25) is 0 Å². The van der Waals surface area contributed by atoms with Crippen LogP contribution in [-0.2, 0) is 14.8 Å². The number of non-ortho nitro benzene ring substituents is 1. The second kappa shape index (κ2) is 8.26. The van der Waals surface area contributed by atoms with Crippen LogP contribution >= 0.6 is 0 Å². The first-order chi connectivity index (χ1) is 13.0. The van der Waals surface area contributed by atoms with E-state index in [0.29, 0.717) is 16.8 Å². The molecule has 2 rings (SSSR count). The van der Waals surface area contributed by atoms with E-state index in [-0.39, 0.29) is 17.1 Å². The molecule has 0 heterocycles. The van der Waals surface area contributed by atoms with E-state index in [0.717, 1.165) is 16.6 Å². The third-order valence-electron chi connectivity index (χ3n) is 4.04. The molecule has 0 aliphatic heterocycles. The standard InChI is InChI=1S/C18H21N3O6S/c1-12-6-5-7-13(2)18(12)20(28(4,25)26)11-17(22)19-15-10-14(21(23)24)8-9-16(15)27-3/h5-10H,11H2,1-4H3,(H,19,22). The Hall–Kier alpha value is -3.14. The van der Waals surface area contributed by atoms with Gasteiger partial charge < -0.3 is 10.1 Å². The number of benzene rings is 2. The number of aryl methyl sites for hydroxylation is 2. The lowest BCUT2D eigenvalue weighted by molar-refractivity contribution is -0.384. The topological polar surface area (TPSA) is 119 Å². The van der Waals surface area contributed by atoms with Crippen LogP contribution in [0.4, 0.5) is 17.1 Å². The second-order valence-electron chi connectivity index (χ2n) is 6.20. The summed E-state index contributed by atoms with van der Waals surface area (Å²) in [6.45, 7) is 3.01. The highest BCUT2D eigenvalue weighted by Crippen LogP contribution is 2.30. The summed E-state index contributed by atoms with van der Waals surface area (Å²) in [4.78, 5) is 22.9. The molecule has 0 aliphatic carbocycles. The highest BCUT2D eigenvalue weighted by Gasteiger charge is 2.24. The lowest BCUT2D eigenvalue weighted by atomic mass is 10.1. The highest BCUT2D eigenvalue weighted by atomic mass is 32.2. The zero-order valence-electron chi connectivity index (χ0n) is 15.9. The first-order valence-electron chi connectivity index (χ1n) is 8.20. The summed E-state index contributed by atoms with van der Waals surface area (Å²) in [6, 6.07) is 9.05. The Morgan fingerprint density at radius 2 is 1.82 bits per heavy atom. The van der Waals surface area contributed by atoms with Gasteiger partial charge in [0.1, 0.15) is 12.3 Å². The molecule has 0 bridgehead atoms. The monoisotopic (exact) mass is 407 g/mol. The normalized spacial score (nSPS) is 11.0. The zero-order valence-corrected chi connectivity index (χ0v) is 16.7. The molecule has 150 valence electrons. The van der Waals surface area contributed by atoms with Crippen LogP contribution in [0.5, 0.6) is 5.75 Å². The Morgan fingerprint density at radius 3 is 2.32 bits per heavy atom. The predicted octanol–water partition coefficient (Wildman–Crippen LogP) is 2.62. The minimum atomic E-state index is -3.75. The minimum absolute atomic E-state index is 0.0802. The quantitative estimate of drug-likeness (QED) is 0.557. The number of carbonyl (C=O) groups is 1. The average Bonchev–Trinajstić information content (AvgIpc) is 2.59. The number of nitro groups is 1. The van der Waals surface area contributed by atoms with Crippen molar-refractivity contribution in [3.8, 4) is 5.75 Å². The summed E-state index contributed by atoms with van der Waals surface area (Å²) in [5.74, 6) is -0.441. The van der Waals surface area contributed by atoms with Crippen LogP contribution < -0.4 is 14.4 Å². The smallest absolute Gasteiger partial charge is 0.271 e. The summed E-state index contributed by atoms with van der Waals surface area (Å²) in [5.41, 5.74) is 1.67. The maximum atomic E-state index is 12.6. The van der Waals surface area contributed by atoms with E-state index in [1.54, 1.807) is 32.0 Å². The van der Waals surface area contributed by atoms with E-state index < -0.39 is 27.4 Å². The van der Waals surface area contributed by atoms with E-state index in [2.05, 4.69) is 5.32 Å². The van der Waals surface area contributed by atoms with Gasteiger partial charge >= 0.3 is 0 Å². The van der Waals surface area contributed by atoms with Gasteiger partial charge in [0.05, 0.1) is 29.7 Å². The van der Waals surface area contributed by atoms with Crippen LogP contribution in [0.15, 0.2) is 36.4 Å². The summed E-state index contributed by atoms with van der Waals surface area (Å²) >= 11 is 0. The van der Waals surface area contributed by atoms with Crippen LogP contribution in [0.3, 0.4) is 0 Å². The van der Waals surface area contributed by atoms with Crippen molar-refractivity contribution in [1.29, 1.82) is 0 Å². The maximum Gasteiger partial charge on any atom is 0.271 e. The molecule has 2 aromatic rings. The third kappa shape index (κ3) is 4.77. The highest BCUT2D eigenvalue weighted by molar-refractivity contribution is 7.92. The van der Waals surface area contributed by atoms with E-state index in [1.807, 2.05) is 0 Å². The zero-order chi connectivity index (χ0) is 21.1. The van der Waals surface area contributed by atoms with Crippen molar-refractivity contribution in [2.24, 2.45) is 0 Å². The van der Waals surface area contributed by atoms with Gasteiger partial charge in [-0.25, -0.2) is 8.42 Å². The summed E-state index contributed by atoms with van der Waals surface area (Å²) in [6.07, 6.45) is 1.01. The fourth-order valence-electron chi connectivity index (χ4n) is 2.79. The van der Waals surface area contributed by atoms with Gasteiger partial charge in [0.2, 0.25) is 15.9 Å². The number of methoxy groups -OCH3 is 1. The molecule has 2 aromatic carbocycles. The molecule has 0 fully saturated rings. The molecule has 0 atom stereocenters. The van der Waals surface area contributed by atoms with Gasteiger partial charge in [-0.2, -0.15) is 0 Å². The number of rotatable bonds is 7. The SMILES string of the molecule is COc1ccc([N+](=O)[O-])cc1NC(=O)CN(c1c(C)cccc1C)S(C)(=O)=O. The number of carbonyl (C=O) groups excluding carboxylic acids is 1. The molecule has 0 saturated heterocycles. The second-order valence-corrected chi connectivity index (χ2v) is 8.11. The summed E-state index contributed by atoms with van der Waals surface area (Å²) < 4.78 is 30.8. The fourth-order valence-corrected chi connectivity index (χ4v) is 3.76. The lowest BCUT2D eigenvalue weighted by Crippen LogP contribution is -2.38. The van der Waals surface area contributed by atoms with E-state index >= 15 is 0 Å². The Labute approximate surface area is 163 Å². The maximum absolute atomic E-state index is 12.6. The van der Waals surface area contributed by atoms with Crippen molar-refractivity contribution < 1.29 is 22.9 Å². The number of anilines is 2. The molecule has 0 aromatic heterocycles. The van der Waals surface area contributed by atoms with Crippen LogP contribution in [0, 0.1) is 24.0 Å². The lowest BCUT2D eigenvalue weighted by Gasteiger charge is -2.25. The van der Waals surface area contributed by atoms with Gasteiger partial charge in [0.25, 0.3) is 5.69 Å². The molecule has 0 unspecified atom stereocenters. The molecule has 1 N–H and O–H groups in total. The molecule has 10 heteroatoms. The number of hydrogen-bond donors (Lipinski definition) is 1. The number of nitrogens with zero attached hydrogens (tertiary/aromatic N) is 2. The minimum Gasteiger partial charge on any atom is -0.495 e. The van der Waals surface area contributed by atoms with Crippen molar-refractivity contribution in [3.63, 3.8) is 0 Å². The van der Waals surface area contributed by atoms with Crippen molar-refractivity contribution in [1.82, 2.24) is 0 Å². The first-order valence-corrected chi connectivity index (χ1v) is 10.1. The molecular formula is C18H21N3O6S. The van der Waals surface area contributed by atoms with Crippen LogP contribution in [0.25, 0.3) is 0 Å². The number of nitro benzene ring substituents is 1. The molecule has 28 heavy (non-hydrogen) atoms. The molecular weight excluding hydrogens is 386 g/mol. The Balaban J connectivity index is 2.36. The van der Waals surface area contributed by atoms with Gasteiger partial charge in [-0.15, -0.1) is 0 Å². The summed E-state index contributed by atoms with van der Waals surface area (Å²) in [7, 11) is -2.40. The first kappa shape index (κ1) is 21.2.